The van der Waals surface area contributed by atoms with E-state index in [1.165, 1.54) is 20.8 Å². The van der Waals surface area contributed by atoms with Crippen LogP contribution in [0.25, 0.3) is 0 Å². The zero-order valence-corrected chi connectivity index (χ0v) is 12.9. The minimum absolute atomic E-state index is 0.0231. The van der Waals surface area contributed by atoms with Crippen LogP contribution in [-0.4, -0.2) is 23.1 Å². The lowest BCUT2D eigenvalue weighted by Gasteiger charge is -2.03. The van der Waals surface area contributed by atoms with Crippen LogP contribution in [-0.2, 0) is 19.2 Å². The molecule has 0 saturated heterocycles. The normalized spacial score (nSPS) is 9.89. The summed E-state index contributed by atoms with van der Waals surface area (Å²) in [7, 11) is 0. The lowest BCUT2D eigenvalue weighted by atomic mass is 9.98. The summed E-state index contributed by atoms with van der Waals surface area (Å²) in [5.41, 5.74) is 0. The zero-order chi connectivity index (χ0) is 15.6. The highest BCUT2D eigenvalue weighted by molar-refractivity contribution is 6.00. The first-order valence-corrected chi connectivity index (χ1v) is 6.66. The van der Waals surface area contributed by atoms with Gasteiger partial charge >= 0.3 is 0 Å². The van der Waals surface area contributed by atoms with Gasteiger partial charge in [-0.05, 0) is 27.2 Å². The molecule has 0 aliphatic carbocycles. The van der Waals surface area contributed by atoms with Crippen molar-refractivity contribution in [1.82, 2.24) is 0 Å². The molecule has 0 saturated carbocycles. The van der Waals surface area contributed by atoms with Gasteiger partial charge in [-0.3, -0.25) is 14.4 Å². The number of Topliss-reactive ketones (excluding diaryl/α,β-unsaturated/α-hetero) is 4. The summed E-state index contributed by atoms with van der Waals surface area (Å²) in [4.78, 5) is 42.5. The highest BCUT2D eigenvalue weighted by atomic mass is 16.2. The van der Waals surface area contributed by atoms with Crippen molar-refractivity contribution in [3.05, 3.63) is 0 Å². The number of ketones is 4. The molecular formula is C15H26O4. The molecule has 0 amide bonds. The molecule has 0 rings (SSSR count). The van der Waals surface area contributed by atoms with Crippen molar-refractivity contribution in [2.75, 3.05) is 0 Å². The summed E-state index contributed by atoms with van der Waals surface area (Å²) in [5, 5.41) is 0. The van der Waals surface area contributed by atoms with Crippen molar-refractivity contribution >= 4 is 23.1 Å². The van der Waals surface area contributed by atoms with Crippen molar-refractivity contribution < 1.29 is 19.2 Å². The van der Waals surface area contributed by atoms with Gasteiger partial charge in [-0.25, -0.2) is 0 Å². The van der Waals surface area contributed by atoms with Crippen LogP contribution in [0.4, 0.5) is 0 Å². The monoisotopic (exact) mass is 270 g/mol. The summed E-state index contributed by atoms with van der Waals surface area (Å²) in [5.74, 6) is -0.0662. The second kappa shape index (κ2) is 10.6. The first-order valence-electron chi connectivity index (χ1n) is 6.66. The Bertz CT molecular complexity index is 315. The molecule has 0 atom stereocenters. The van der Waals surface area contributed by atoms with Gasteiger partial charge in [-0.1, -0.05) is 20.8 Å². The van der Waals surface area contributed by atoms with E-state index in [2.05, 4.69) is 0 Å². The summed E-state index contributed by atoms with van der Waals surface area (Å²) in [6.45, 7) is 9.96. The lowest BCUT2D eigenvalue weighted by molar-refractivity contribution is -0.130. The van der Waals surface area contributed by atoms with Gasteiger partial charge in [0.1, 0.15) is 23.1 Å². The molecular weight excluding hydrogens is 244 g/mol. The summed E-state index contributed by atoms with van der Waals surface area (Å²) >= 11 is 0. The molecule has 4 heteroatoms. The molecule has 0 bridgehead atoms. The Morgan fingerprint density at radius 2 is 1.26 bits per heavy atom. The largest absolute Gasteiger partial charge is 0.300 e. The zero-order valence-electron chi connectivity index (χ0n) is 12.9. The van der Waals surface area contributed by atoms with Crippen LogP contribution in [0.15, 0.2) is 0 Å². The van der Waals surface area contributed by atoms with Gasteiger partial charge in [-0.15, -0.1) is 0 Å². The molecule has 0 heterocycles. The number of rotatable bonds is 7. The van der Waals surface area contributed by atoms with E-state index in [0.29, 0.717) is 19.3 Å². The van der Waals surface area contributed by atoms with Crippen LogP contribution in [0.2, 0.25) is 0 Å². The van der Waals surface area contributed by atoms with E-state index in [1.807, 2.05) is 20.8 Å². The van der Waals surface area contributed by atoms with E-state index in [-0.39, 0.29) is 35.0 Å². The number of hydrogen-bond acceptors (Lipinski definition) is 4. The number of hydrogen-bond donors (Lipinski definition) is 0. The van der Waals surface area contributed by atoms with Gasteiger partial charge in [0.15, 0.2) is 0 Å². The Morgan fingerprint density at radius 1 is 0.842 bits per heavy atom. The van der Waals surface area contributed by atoms with Crippen molar-refractivity contribution in [3.8, 4) is 0 Å². The third-order valence-electron chi connectivity index (χ3n) is 2.76. The van der Waals surface area contributed by atoms with E-state index in [9.17, 15) is 19.2 Å². The Balaban J connectivity index is 0. The van der Waals surface area contributed by atoms with Gasteiger partial charge < -0.3 is 4.79 Å². The molecule has 0 unspecified atom stereocenters. The molecule has 4 nitrogen and oxygen atoms in total. The fourth-order valence-corrected chi connectivity index (χ4v) is 1.45. The van der Waals surface area contributed by atoms with Crippen LogP contribution >= 0.6 is 0 Å². The van der Waals surface area contributed by atoms with Crippen molar-refractivity contribution in [1.29, 1.82) is 0 Å². The summed E-state index contributed by atoms with van der Waals surface area (Å²) in [6.07, 6.45) is 1.44. The summed E-state index contributed by atoms with van der Waals surface area (Å²) < 4.78 is 0. The maximum atomic E-state index is 10.9. The van der Waals surface area contributed by atoms with Gasteiger partial charge in [0.05, 0.1) is 5.92 Å². The van der Waals surface area contributed by atoms with E-state index in [1.54, 1.807) is 0 Å². The highest BCUT2D eigenvalue weighted by Gasteiger charge is 2.15. The molecule has 0 aliphatic heterocycles. The molecule has 0 spiro atoms. The molecule has 0 fully saturated rings. The molecule has 0 aromatic heterocycles. The average molecular weight is 270 g/mol. The fraction of sp³-hybridized carbons (Fsp3) is 0.733. The second-order valence-corrected chi connectivity index (χ2v) is 5.01. The standard InChI is InChI=1S/C8H14O2.C7H12O2/c1-6(2)8(10)5-4-7(3)9;1-4-7(5(2)8)6(3)9/h6H,4-5H2,1-3H3;7H,4H2,1-3H3. The highest BCUT2D eigenvalue weighted by Crippen LogP contribution is 2.04. The maximum absolute atomic E-state index is 10.9. The first kappa shape index (κ1) is 20.0. The second-order valence-electron chi connectivity index (χ2n) is 5.01. The van der Waals surface area contributed by atoms with Crippen LogP contribution in [0.3, 0.4) is 0 Å². The van der Waals surface area contributed by atoms with Crippen molar-refractivity contribution in [2.24, 2.45) is 11.8 Å². The van der Waals surface area contributed by atoms with Crippen molar-refractivity contribution in [3.63, 3.8) is 0 Å². The number of carbonyl (C=O) groups excluding carboxylic acids is 4. The van der Waals surface area contributed by atoms with Crippen LogP contribution in [0, 0.1) is 11.8 Å². The third kappa shape index (κ3) is 11.5. The van der Waals surface area contributed by atoms with Crippen molar-refractivity contribution in [2.45, 2.75) is 60.8 Å². The minimum Gasteiger partial charge on any atom is -0.300 e. The van der Waals surface area contributed by atoms with E-state index >= 15 is 0 Å². The molecule has 19 heavy (non-hydrogen) atoms. The average Bonchev–Trinajstić information content (AvgIpc) is 2.26. The van der Waals surface area contributed by atoms with Crippen LogP contribution in [0.5, 0.6) is 0 Å². The Labute approximate surface area is 116 Å². The molecule has 0 aliphatic rings. The van der Waals surface area contributed by atoms with Gasteiger partial charge in [0.25, 0.3) is 0 Å². The first-order chi connectivity index (χ1) is 8.63. The van der Waals surface area contributed by atoms with E-state index in [0.717, 1.165) is 0 Å². The molecule has 0 aromatic rings. The van der Waals surface area contributed by atoms with Gasteiger partial charge in [0.2, 0.25) is 0 Å². The van der Waals surface area contributed by atoms with Crippen LogP contribution in [0.1, 0.15) is 60.8 Å². The van der Waals surface area contributed by atoms with E-state index in [4.69, 9.17) is 0 Å². The molecule has 0 aromatic carbocycles. The maximum Gasteiger partial charge on any atom is 0.140 e. The van der Waals surface area contributed by atoms with Gasteiger partial charge in [-0.2, -0.15) is 0 Å². The predicted octanol–water partition coefficient (Wildman–Crippen LogP) is 2.77. The van der Waals surface area contributed by atoms with E-state index < -0.39 is 0 Å². The quantitative estimate of drug-likeness (QED) is 0.667. The molecule has 0 N–H and O–H groups in total. The minimum atomic E-state index is -0.356. The Kier molecular flexibility index (Phi) is 11.1. The number of carbonyl (C=O) groups is 4. The Morgan fingerprint density at radius 3 is 1.42 bits per heavy atom. The SMILES string of the molecule is CC(=O)CCC(=O)C(C)C.CCC(C(C)=O)C(C)=O. The van der Waals surface area contributed by atoms with Gasteiger partial charge in [0, 0.05) is 18.8 Å². The lowest BCUT2D eigenvalue weighted by Crippen LogP contribution is -2.17. The smallest absolute Gasteiger partial charge is 0.140 e. The molecule has 110 valence electrons. The third-order valence-corrected chi connectivity index (χ3v) is 2.76. The fourth-order valence-electron chi connectivity index (χ4n) is 1.45. The Hall–Kier alpha value is -1.32. The molecule has 0 radical (unpaired) electrons. The topological polar surface area (TPSA) is 68.3 Å². The van der Waals surface area contributed by atoms with Crippen LogP contribution < -0.4 is 0 Å². The predicted molar refractivity (Wildman–Crippen MR) is 74.9 cm³/mol. The summed E-state index contributed by atoms with van der Waals surface area (Å²) in [6, 6.07) is 0.